The summed E-state index contributed by atoms with van der Waals surface area (Å²) in [7, 11) is 0. The molecule has 0 bridgehead atoms. The number of benzene rings is 1. The SMILES string of the molecule is O=c1c2sc(N3CCCC3)nc2[nH]c(=S)n1-c1ccc(F)cc1. The van der Waals surface area contributed by atoms with Crippen molar-refractivity contribution in [2.45, 2.75) is 12.8 Å². The molecule has 0 atom stereocenters. The quantitative estimate of drug-likeness (QED) is 0.723. The summed E-state index contributed by atoms with van der Waals surface area (Å²) in [5, 5.41) is 0.845. The summed E-state index contributed by atoms with van der Waals surface area (Å²) in [4.78, 5) is 22.5. The average Bonchev–Trinajstić information content (AvgIpc) is 3.17. The van der Waals surface area contributed by atoms with Gasteiger partial charge < -0.3 is 9.88 Å². The van der Waals surface area contributed by atoms with Crippen LogP contribution < -0.4 is 10.5 Å². The Balaban J connectivity index is 1.90. The molecule has 23 heavy (non-hydrogen) atoms. The minimum atomic E-state index is -0.355. The Morgan fingerprint density at radius 2 is 1.91 bits per heavy atom. The molecule has 0 saturated carbocycles. The van der Waals surface area contributed by atoms with Crippen LogP contribution in [0.3, 0.4) is 0 Å². The van der Waals surface area contributed by atoms with Gasteiger partial charge in [-0.3, -0.25) is 9.36 Å². The van der Waals surface area contributed by atoms with E-state index in [1.807, 2.05) is 0 Å². The lowest BCUT2D eigenvalue weighted by molar-refractivity contribution is 0.627. The van der Waals surface area contributed by atoms with Crippen molar-refractivity contribution in [3.8, 4) is 5.69 Å². The zero-order valence-electron chi connectivity index (χ0n) is 12.1. The van der Waals surface area contributed by atoms with Crippen molar-refractivity contribution < 1.29 is 4.39 Å². The summed E-state index contributed by atoms with van der Waals surface area (Å²) in [6.45, 7) is 1.93. The van der Waals surface area contributed by atoms with Crippen LogP contribution >= 0.6 is 23.6 Å². The minimum Gasteiger partial charge on any atom is -0.348 e. The molecule has 1 saturated heterocycles. The summed E-state index contributed by atoms with van der Waals surface area (Å²) in [6, 6.07) is 5.69. The van der Waals surface area contributed by atoms with Crippen LogP contribution in [0.25, 0.3) is 16.0 Å². The minimum absolute atomic E-state index is 0.224. The number of anilines is 1. The van der Waals surface area contributed by atoms with Crippen LogP contribution in [0.2, 0.25) is 0 Å². The molecule has 118 valence electrons. The van der Waals surface area contributed by atoms with Gasteiger partial charge in [-0.25, -0.2) is 9.37 Å². The van der Waals surface area contributed by atoms with Crippen LogP contribution in [0.4, 0.5) is 9.52 Å². The lowest BCUT2D eigenvalue weighted by atomic mass is 10.3. The van der Waals surface area contributed by atoms with Crippen molar-refractivity contribution >= 4 is 39.0 Å². The smallest absolute Gasteiger partial charge is 0.278 e. The standard InChI is InChI=1S/C15H13FN4OS2/c16-9-3-5-10(6-4-9)20-13(21)11-12(17-14(20)22)18-15(23-11)19-7-1-2-8-19/h3-6H,1-2,7-8H2,(H,17,22). The molecule has 3 aromatic rings. The van der Waals surface area contributed by atoms with Crippen molar-refractivity contribution in [2.75, 3.05) is 18.0 Å². The second kappa shape index (κ2) is 5.54. The first kappa shape index (κ1) is 14.5. The summed E-state index contributed by atoms with van der Waals surface area (Å²) < 4.78 is 15.3. The van der Waals surface area contributed by atoms with Crippen LogP contribution in [0, 0.1) is 10.6 Å². The van der Waals surface area contributed by atoms with E-state index in [9.17, 15) is 9.18 Å². The molecule has 0 spiro atoms. The van der Waals surface area contributed by atoms with E-state index in [1.54, 1.807) is 0 Å². The normalized spacial score (nSPS) is 14.7. The van der Waals surface area contributed by atoms with Gasteiger partial charge >= 0.3 is 0 Å². The summed E-state index contributed by atoms with van der Waals surface area (Å²) in [5.41, 5.74) is 0.833. The molecular formula is C15H13FN4OS2. The van der Waals surface area contributed by atoms with Gasteiger partial charge in [0.25, 0.3) is 5.56 Å². The van der Waals surface area contributed by atoms with E-state index in [0.717, 1.165) is 31.1 Å². The Morgan fingerprint density at radius 1 is 1.22 bits per heavy atom. The Hall–Kier alpha value is -2.06. The number of aromatic amines is 1. The largest absolute Gasteiger partial charge is 0.348 e. The Morgan fingerprint density at radius 3 is 2.61 bits per heavy atom. The number of nitrogens with one attached hydrogen (secondary N) is 1. The summed E-state index contributed by atoms with van der Waals surface area (Å²) in [6.07, 6.45) is 2.29. The maximum atomic E-state index is 13.1. The number of hydrogen-bond donors (Lipinski definition) is 1. The predicted octanol–water partition coefficient (Wildman–Crippen LogP) is 3.24. The fourth-order valence-electron chi connectivity index (χ4n) is 2.76. The van der Waals surface area contributed by atoms with Gasteiger partial charge in [-0.2, -0.15) is 0 Å². The number of thiazole rings is 1. The third-order valence-corrected chi connectivity index (χ3v) is 5.29. The Bertz CT molecular complexity index is 983. The first-order valence-electron chi connectivity index (χ1n) is 7.30. The van der Waals surface area contributed by atoms with Gasteiger partial charge in [0.1, 0.15) is 10.5 Å². The van der Waals surface area contributed by atoms with E-state index in [4.69, 9.17) is 12.2 Å². The predicted molar refractivity (Wildman–Crippen MR) is 91.8 cm³/mol. The van der Waals surface area contributed by atoms with E-state index in [-0.39, 0.29) is 16.1 Å². The van der Waals surface area contributed by atoms with E-state index >= 15 is 0 Å². The van der Waals surface area contributed by atoms with Crippen molar-refractivity contribution in [3.63, 3.8) is 0 Å². The van der Waals surface area contributed by atoms with Gasteiger partial charge in [0, 0.05) is 13.1 Å². The van der Waals surface area contributed by atoms with Gasteiger partial charge in [-0.1, -0.05) is 11.3 Å². The fraction of sp³-hybridized carbons (Fsp3) is 0.267. The molecular weight excluding hydrogens is 335 g/mol. The molecule has 8 heteroatoms. The van der Waals surface area contributed by atoms with Crippen LogP contribution in [0.15, 0.2) is 29.1 Å². The Labute approximate surface area is 140 Å². The molecule has 5 nitrogen and oxygen atoms in total. The number of H-pyrrole nitrogens is 1. The van der Waals surface area contributed by atoms with Gasteiger partial charge in [-0.05, 0) is 49.3 Å². The number of fused-ring (bicyclic) bond motifs is 1. The topological polar surface area (TPSA) is 53.9 Å². The van der Waals surface area contributed by atoms with Crippen LogP contribution in [-0.4, -0.2) is 27.6 Å². The van der Waals surface area contributed by atoms with E-state index < -0.39 is 0 Å². The van der Waals surface area contributed by atoms with Crippen LogP contribution in [0.1, 0.15) is 12.8 Å². The number of rotatable bonds is 2. The molecule has 3 heterocycles. The van der Waals surface area contributed by atoms with Gasteiger partial charge in [0.15, 0.2) is 15.5 Å². The summed E-state index contributed by atoms with van der Waals surface area (Å²) in [5.74, 6) is -0.355. The average molecular weight is 348 g/mol. The van der Waals surface area contributed by atoms with Gasteiger partial charge in [-0.15, -0.1) is 0 Å². The second-order valence-corrected chi connectivity index (χ2v) is 6.78. The van der Waals surface area contributed by atoms with Crippen molar-refractivity contribution in [1.29, 1.82) is 0 Å². The zero-order valence-corrected chi connectivity index (χ0v) is 13.7. The van der Waals surface area contributed by atoms with Crippen molar-refractivity contribution in [1.82, 2.24) is 14.5 Å². The monoisotopic (exact) mass is 348 g/mol. The van der Waals surface area contributed by atoms with E-state index in [0.29, 0.717) is 16.0 Å². The third-order valence-electron chi connectivity index (χ3n) is 3.90. The Kier molecular flexibility index (Phi) is 3.50. The van der Waals surface area contributed by atoms with Gasteiger partial charge in [0.05, 0.1) is 5.69 Å². The molecule has 1 aliphatic rings. The van der Waals surface area contributed by atoms with E-state index in [1.165, 1.54) is 40.2 Å². The maximum absolute atomic E-state index is 13.1. The number of nitrogens with zero attached hydrogens (tertiary/aromatic N) is 3. The molecule has 0 unspecified atom stereocenters. The molecule has 1 fully saturated rings. The molecule has 2 aromatic heterocycles. The molecule has 1 aromatic carbocycles. The molecule has 0 aliphatic carbocycles. The molecule has 1 N–H and O–H groups in total. The number of aromatic nitrogens is 3. The maximum Gasteiger partial charge on any atom is 0.278 e. The lowest BCUT2D eigenvalue weighted by Gasteiger charge is -2.11. The van der Waals surface area contributed by atoms with Crippen LogP contribution in [0.5, 0.6) is 0 Å². The second-order valence-electron chi connectivity index (χ2n) is 5.42. The zero-order chi connectivity index (χ0) is 16.0. The van der Waals surface area contributed by atoms with Crippen LogP contribution in [-0.2, 0) is 0 Å². The fourth-order valence-corrected chi connectivity index (χ4v) is 4.05. The highest BCUT2D eigenvalue weighted by atomic mass is 32.1. The number of halogens is 1. The molecule has 0 radical (unpaired) electrons. The first-order chi connectivity index (χ1) is 11.1. The van der Waals surface area contributed by atoms with E-state index in [2.05, 4.69) is 14.9 Å². The highest BCUT2D eigenvalue weighted by Gasteiger charge is 2.19. The highest BCUT2D eigenvalue weighted by Crippen LogP contribution is 2.28. The van der Waals surface area contributed by atoms with Gasteiger partial charge in [0.2, 0.25) is 0 Å². The lowest BCUT2D eigenvalue weighted by Crippen LogP contribution is -2.19. The highest BCUT2D eigenvalue weighted by molar-refractivity contribution is 7.71. The number of hydrogen-bond acceptors (Lipinski definition) is 5. The third kappa shape index (κ3) is 2.47. The molecule has 4 rings (SSSR count). The van der Waals surface area contributed by atoms with Crippen molar-refractivity contribution in [2.24, 2.45) is 0 Å². The van der Waals surface area contributed by atoms with Crippen molar-refractivity contribution in [3.05, 3.63) is 45.2 Å². The molecule has 0 amide bonds. The molecule has 1 aliphatic heterocycles. The summed E-state index contributed by atoms with van der Waals surface area (Å²) >= 11 is 6.66. The first-order valence-corrected chi connectivity index (χ1v) is 8.53.